The van der Waals surface area contributed by atoms with Crippen LogP contribution >= 0.6 is 11.6 Å². The van der Waals surface area contributed by atoms with Crippen molar-refractivity contribution in [1.82, 2.24) is 4.98 Å². The van der Waals surface area contributed by atoms with Gasteiger partial charge in [-0.05, 0) is 44.0 Å². The van der Waals surface area contributed by atoms with Crippen LogP contribution < -0.4 is 5.32 Å². The first-order chi connectivity index (χ1) is 10.1. The number of hydrogen-bond donors (Lipinski definition) is 1. The predicted octanol–water partition coefficient (Wildman–Crippen LogP) is 4.03. The van der Waals surface area contributed by atoms with Gasteiger partial charge in [-0.3, -0.25) is 9.78 Å². The number of aromatic nitrogens is 1. The highest BCUT2D eigenvalue weighted by molar-refractivity contribution is 6.31. The van der Waals surface area contributed by atoms with Crippen LogP contribution in [0.2, 0.25) is 5.02 Å². The van der Waals surface area contributed by atoms with E-state index in [2.05, 4.69) is 17.2 Å². The molecule has 1 atom stereocenters. The molecule has 4 nitrogen and oxygen atoms in total. The van der Waals surface area contributed by atoms with Crippen molar-refractivity contribution in [2.24, 2.45) is 0 Å². The van der Waals surface area contributed by atoms with Crippen LogP contribution in [0.4, 0.5) is 5.69 Å². The molecular formula is C16H19ClN2O2. The average molecular weight is 307 g/mol. The van der Waals surface area contributed by atoms with E-state index < -0.39 is 0 Å². The maximum absolute atomic E-state index is 10.7. The molecule has 0 radical (unpaired) electrons. The lowest BCUT2D eigenvalue weighted by Gasteiger charge is -2.16. The first-order valence-corrected chi connectivity index (χ1v) is 7.38. The normalized spacial score (nSPS) is 12.1. The number of fused-ring (bicyclic) bond motifs is 1. The second-order valence-electron chi connectivity index (χ2n) is 5.05. The van der Waals surface area contributed by atoms with E-state index in [4.69, 9.17) is 16.3 Å². The monoisotopic (exact) mass is 306 g/mol. The van der Waals surface area contributed by atoms with Crippen LogP contribution in [0.1, 0.15) is 26.7 Å². The molecule has 0 bridgehead atoms. The molecule has 0 saturated heterocycles. The number of nitrogens with one attached hydrogen (secondary N) is 1. The Kier molecular flexibility index (Phi) is 5.39. The second kappa shape index (κ2) is 7.27. The van der Waals surface area contributed by atoms with Gasteiger partial charge in [0.2, 0.25) is 0 Å². The van der Waals surface area contributed by atoms with Crippen LogP contribution in [0.25, 0.3) is 10.9 Å². The van der Waals surface area contributed by atoms with Crippen molar-refractivity contribution in [2.75, 3.05) is 11.9 Å². The average Bonchev–Trinajstić information content (AvgIpc) is 2.43. The summed E-state index contributed by atoms with van der Waals surface area (Å²) in [5.41, 5.74) is 1.91. The standard InChI is InChI=1S/C16H19ClN2O2/c1-11(4-3-9-21-12(2)20)19-15-7-8-18-16-10-13(17)5-6-14(15)16/h5-8,10-11H,3-4,9H2,1-2H3,(H,18,19). The van der Waals surface area contributed by atoms with Gasteiger partial charge in [0.15, 0.2) is 0 Å². The van der Waals surface area contributed by atoms with Crippen molar-refractivity contribution in [2.45, 2.75) is 32.7 Å². The van der Waals surface area contributed by atoms with Gasteiger partial charge in [-0.15, -0.1) is 0 Å². The molecule has 1 aromatic heterocycles. The van der Waals surface area contributed by atoms with Crippen LogP contribution in [-0.4, -0.2) is 23.6 Å². The van der Waals surface area contributed by atoms with Crippen LogP contribution in [-0.2, 0) is 9.53 Å². The number of halogens is 1. The summed E-state index contributed by atoms with van der Waals surface area (Å²) in [4.78, 5) is 15.0. The minimum Gasteiger partial charge on any atom is -0.466 e. The zero-order chi connectivity index (χ0) is 15.2. The maximum atomic E-state index is 10.7. The summed E-state index contributed by atoms with van der Waals surface area (Å²) in [6.07, 6.45) is 3.53. The lowest BCUT2D eigenvalue weighted by Crippen LogP contribution is -2.16. The predicted molar refractivity (Wildman–Crippen MR) is 85.7 cm³/mol. The lowest BCUT2D eigenvalue weighted by molar-refractivity contribution is -0.141. The van der Waals surface area contributed by atoms with Gasteiger partial charge in [0, 0.05) is 35.3 Å². The number of anilines is 1. The number of pyridine rings is 1. The Bertz CT molecular complexity index is 631. The Morgan fingerprint density at radius 1 is 1.43 bits per heavy atom. The SMILES string of the molecule is CC(=O)OCCCC(C)Nc1ccnc2cc(Cl)ccc12. The van der Waals surface area contributed by atoms with E-state index in [1.54, 1.807) is 6.20 Å². The third kappa shape index (κ3) is 4.60. The van der Waals surface area contributed by atoms with Crippen molar-refractivity contribution in [3.8, 4) is 0 Å². The van der Waals surface area contributed by atoms with Crippen molar-refractivity contribution in [1.29, 1.82) is 0 Å². The quantitative estimate of drug-likeness (QED) is 0.646. The Hall–Kier alpha value is -1.81. The molecule has 1 heterocycles. The third-order valence-corrected chi connectivity index (χ3v) is 3.43. The van der Waals surface area contributed by atoms with Crippen LogP contribution in [0.15, 0.2) is 30.5 Å². The Morgan fingerprint density at radius 3 is 3.00 bits per heavy atom. The van der Waals surface area contributed by atoms with E-state index in [1.807, 2.05) is 24.3 Å². The molecule has 112 valence electrons. The summed E-state index contributed by atoms with van der Waals surface area (Å²) in [5.74, 6) is -0.229. The summed E-state index contributed by atoms with van der Waals surface area (Å²) in [6, 6.07) is 7.93. The highest BCUT2D eigenvalue weighted by Gasteiger charge is 2.07. The van der Waals surface area contributed by atoms with E-state index in [0.29, 0.717) is 11.6 Å². The molecule has 0 amide bonds. The molecule has 1 N–H and O–H groups in total. The highest BCUT2D eigenvalue weighted by Crippen LogP contribution is 2.25. The molecule has 2 aromatic rings. The molecule has 0 saturated carbocycles. The van der Waals surface area contributed by atoms with Crippen molar-refractivity contribution < 1.29 is 9.53 Å². The molecule has 0 fully saturated rings. The largest absolute Gasteiger partial charge is 0.466 e. The van der Waals surface area contributed by atoms with Gasteiger partial charge in [-0.1, -0.05) is 11.6 Å². The van der Waals surface area contributed by atoms with Gasteiger partial charge >= 0.3 is 5.97 Å². The molecule has 0 aliphatic heterocycles. The summed E-state index contributed by atoms with van der Waals surface area (Å²) in [7, 11) is 0. The van der Waals surface area contributed by atoms with Crippen molar-refractivity contribution in [3.05, 3.63) is 35.5 Å². The molecular weight excluding hydrogens is 288 g/mol. The minimum atomic E-state index is -0.229. The summed E-state index contributed by atoms with van der Waals surface area (Å²) in [6.45, 7) is 4.00. The van der Waals surface area contributed by atoms with Crippen LogP contribution in [0.3, 0.4) is 0 Å². The maximum Gasteiger partial charge on any atom is 0.302 e. The second-order valence-corrected chi connectivity index (χ2v) is 5.48. The van der Waals surface area contributed by atoms with E-state index in [1.165, 1.54) is 6.92 Å². The molecule has 2 rings (SSSR count). The molecule has 21 heavy (non-hydrogen) atoms. The number of ether oxygens (including phenoxy) is 1. The van der Waals surface area contributed by atoms with Gasteiger partial charge in [0.05, 0.1) is 12.1 Å². The van der Waals surface area contributed by atoms with Gasteiger partial charge in [0.1, 0.15) is 0 Å². The molecule has 0 aliphatic carbocycles. The molecule has 1 aromatic carbocycles. The zero-order valence-electron chi connectivity index (χ0n) is 12.2. The number of nitrogens with zero attached hydrogens (tertiary/aromatic N) is 1. The summed E-state index contributed by atoms with van der Waals surface area (Å²) < 4.78 is 4.93. The fraction of sp³-hybridized carbons (Fsp3) is 0.375. The molecule has 1 unspecified atom stereocenters. The van der Waals surface area contributed by atoms with Crippen LogP contribution in [0, 0.1) is 0 Å². The fourth-order valence-corrected chi connectivity index (χ4v) is 2.36. The molecule has 0 spiro atoms. The minimum absolute atomic E-state index is 0.229. The third-order valence-electron chi connectivity index (χ3n) is 3.19. The van der Waals surface area contributed by atoms with Gasteiger partial charge in [-0.2, -0.15) is 0 Å². The van der Waals surface area contributed by atoms with E-state index >= 15 is 0 Å². The zero-order valence-corrected chi connectivity index (χ0v) is 13.0. The van der Waals surface area contributed by atoms with E-state index in [0.717, 1.165) is 29.4 Å². The van der Waals surface area contributed by atoms with Gasteiger partial charge in [-0.25, -0.2) is 0 Å². The van der Waals surface area contributed by atoms with Gasteiger partial charge < -0.3 is 10.1 Å². The van der Waals surface area contributed by atoms with E-state index in [-0.39, 0.29) is 12.0 Å². The number of benzene rings is 1. The first kappa shape index (κ1) is 15.6. The highest BCUT2D eigenvalue weighted by atomic mass is 35.5. The molecule has 0 aliphatic rings. The number of hydrogen-bond acceptors (Lipinski definition) is 4. The van der Waals surface area contributed by atoms with Crippen molar-refractivity contribution >= 4 is 34.2 Å². The van der Waals surface area contributed by atoms with Crippen LogP contribution in [0.5, 0.6) is 0 Å². The number of esters is 1. The topological polar surface area (TPSA) is 51.2 Å². The number of rotatable bonds is 6. The van der Waals surface area contributed by atoms with Crippen molar-refractivity contribution in [3.63, 3.8) is 0 Å². The summed E-state index contributed by atoms with van der Waals surface area (Å²) in [5, 5.41) is 5.20. The smallest absolute Gasteiger partial charge is 0.302 e. The Balaban J connectivity index is 1.97. The number of carbonyl (C=O) groups excluding carboxylic acids is 1. The van der Waals surface area contributed by atoms with E-state index in [9.17, 15) is 4.79 Å². The lowest BCUT2D eigenvalue weighted by atomic mass is 10.1. The first-order valence-electron chi connectivity index (χ1n) is 7.00. The fourth-order valence-electron chi connectivity index (χ4n) is 2.19. The number of carbonyl (C=O) groups is 1. The Morgan fingerprint density at radius 2 is 2.24 bits per heavy atom. The van der Waals surface area contributed by atoms with Gasteiger partial charge in [0.25, 0.3) is 0 Å². The Labute approximate surface area is 129 Å². The summed E-state index contributed by atoms with van der Waals surface area (Å²) >= 11 is 5.98. The molecule has 5 heteroatoms.